The molecular weight excluding hydrogens is 532 g/mol. The monoisotopic (exact) mass is 564 g/mol. The fraction of sp³-hybridized carbons (Fsp3) is 0.333. The minimum absolute atomic E-state index is 0.123. The van der Waals surface area contributed by atoms with Crippen LogP contribution in [0.3, 0.4) is 0 Å². The first-order chi connectivity index (χ1) is 19.1. The molecule has 0 bridgehead atoms. The van der Waals surface area contributed by atoms with Gasteiger partial charge in [0.05, 0.1) is 42.2 Å². The number of allylic oxidation sites excluding steroid dienone is 1. The highest BCUT2D eigenvalue weighted by Crippen LogP contribution is 2.36. The summed E-state index contributed by atoms with van der Waals surface area (Å²) in [5.74, 6) is 0.259. The summed E-state index contributed by atoms with van der Waals surface area (Å²) in [6.45, 7) is 9.27. The average Bonchev–Trinajstić information content (AvgIpc) is 3.21. The lowest BCUT2D eigenvalue weighted by atomic mass is 9.95. The molecule has 4 rings (SSSR count). The number of aromatic nitrogens is 1. The van der Waals surface area contributed by atoms with E-state index in [0.717, 1.165) is 5.56 Å². The summed E-state index contributed by atoms with van der Waals surface area (Å²) in [5.41, 5.74) is 1.70. The second-order valence-electron chi connectivity index (χ2n) is 9.55. The van der Waals surface area contributed by atoms with Gasteiger partial charge >= 0.3 is 11.9 Å². The zero-order valence-corrected chi connectivity index (χ0v) is 24.2. The number of esters is 2. The number of methoxy groups -OCH3 is 1. The summed E-state index contributed by atoms with van der Waals surface area (Å²) in [6, 6.07) is 11.5. The van der Waals surface area contributed by atoms with Crippen LogP contribution in [0.2, 0.25) is 0 Å². The largest absolute Gasteiger partial charge is 0.496 e. The molecule has 10 heteroatoms. The number of ether oxygens (including phenoxy) is 4. The Morgan fingerprint density at radius 3 is 2.55 bits per heavy atom. The number of carbonyl (C=O) groups excluding carboxylic acids is 2. The zero-order chi connectivity index (χ0) is 29.0. The van der Waals surface area contributed by atoms with Crippen molar-refractivity contribution in [3.05, 3.63) is 84.5 Å². The average molecular weight is 565 g/mol. The number of benzene rings is 2. The Morgan fingerprint density at radius 2 is 1.88 bits per heavy atom. The van der Waals surface area contributed by atoms with Crippen LogP contribution in [0.1, 0.15) is 51.8 Å². The summed E-state index contributed by atoms with van der Waals surface area (Å²) in [4.78, 5) is 44.1. The maximum atomic E-state index is 13.9. The van der Waals surface area contributed by atoms with E-state index in [1.165, 1.54) is 22.8 Å². The fourth-order valence-electron chi connectivity index (χ4n) is 4.35. The summed E-state index contributed by atoms with van der Waals surface area (Å²) in [6.07, 6.45) is 1.76. The van der Waals surface area contributed by atoms with Crippen LogP contribution in [0, 0.1) is 5.92 Å². The molecule has 0 saturated carbocycles. The first-order valence-electron chi connectivity index (χ1n) is 12.9. The molecule has 1 aromatic heterocycles. The highest BCUT2D eigenvalue weighted by atomic mass is 32.1. The SMILES string of the molecule is CCOc1cc([C@H]2C(C(=O)OCC(C)C)=C(C)N=c3s/c(=C/c4ccccc4OC)c(=O)n32)ccc1OC(C)=O. The first kappa shape index (κ1) is 28.8. The van der Waals surface area contributed by atoms with Crippen molar-refractivity contribution in [3.63, 3.8) is 0 Å². The van der Waals surface area contributed by atoms with Gasteiger partial charge in [-0.2, -0.15) is 0 Å². The van der Waals surface area contributed by atoms with Crippen molar-refractivity contribution < 1.29 is 28.5 Å². The van der Waals surface area contributed by atoms with Gasteiger partial charge in [-0.15, -0.1) is 0 Å². The van der Waals surface area contributed by atoms with Gasteiger partial charge in [0, 0.05) is 12.5 Å². The molecule has 0 saturated heterocycles. The summed E-state index contributed by atoms with van der Waals surface area (Å²) in [7, 11) is 1.57. The Balaban J connectivity index is 1.95. The third kappa shape index (κ3) is 6.02. The van der Waals surface area contributed by atoms with Gasteiger partial charge in [-0.1, -0.05) is 49.4 Å². The fourth-order valence-corrected chi connectivity index (χ4v) is 5.38. The van der Waals surface area contributed by atoms with Gasteiger partial charge in [-0.25, -0.2) is 9.79 Å². The number of para-hydroxylation sites is 1. The van der Waals surface area contributed by atoms with Gasteiger partial charge in [0.2, 0.25) is 0 Å². The molecule has 2 heterocycles. The summed E-state index contributed by atoms with van der Waals surface area (Å²) >= 11 is 1.22. The van der Waals surface area contributed by atoms with Gasteiger partial charge in [0.1, 0.15) is 5.75 Å². The van der Waals surface area contributed by atoms with Crippen LogP contribution in [0.25, 0.3) is 6.08 Å². The van der Waals surface area contributed by atoms with E-state index < -0.39 is 18.0 Å². The predicted octanol–water partition coefficient (Wildman–Crippen LogP) is 3.77. The van der Waals surface area contributed by atoms with E-state index in [1.54, 1.807) is 38.3 Å². The third-order valence-corrected chi connectivity index (χ3v) is 7.03. The molecular formula is C30H32N2O7S. The van der Waals surface area contributed by atoms with Crippen molar-refractivity contribution in [2.45, 2.75) is 40.7 Å². The number of fused-ring (bicyclic) bond motifs is 1. The number of hydrogen-bond donors (Lipinski definition) is 0. The number of thiazole rings is 1. The van der Waals surface area contributed by atoms with Crippen molar-refractivity contribution in [1.82, 2.24) is 4.57 Å². The van der Waals surface area contributed by atoms with Crippen molar-refractivity contribution >= 4 is 29.4 Å². The second kappa shape index (κ2) is 12.3. The molecule has 0 N–H and O–H groups in total. The molecule has 0 aliphatic carbocycles. The van der Waals surface area contributed by atoms with Gasteiger partial charge in [-0.3, -0.25) is 14.2 Å². The molecule has 0 fully saturated rings. The maximum Gasteiger partial charge on any atom is 0.338 e. The number of rotatable bonds is 9. The van der Waals surface area contributed by atoms with E-state index in [-0.39, 0.29) is 29.4 Å². The van der Waals surface area contributed by atoms with E-state index in [9.17, 15) is 14.4 Å². The maximum absolute atomic E-state index is 13.9. The van der Waals surface area contributed by atoms with E-state index in [4.69, 9.17) is 18.9 Å². The molecule has 0 amide bonds. The minimum Gasteiger partial charge on any atom is -0.496 e. The Labute approximate surface area is 236 Å². The first-order valence-corrected chi connectivity index (χ1v) is 13.7. The number of nitrogens with zero attached hydrogens (tertiary/aromatic N) is 2. The Hall–Kier alpha value is -4.18. The molecule has 2 aromatic carbocycles. The van der Waals surface area contributed by atoms with Gasteiger partial charge in [0.15, 0.2) is 16.3 Å². The summed E-state index contributed by atoms with van der Waals surface area (Å²) in [5, 5.41) is 0. The van der Waals surface area contributed by atoms with E-state index in [0.29, 0.717) is 38.7 Å². The van der Waals surface area contributed by atoms with Crippen LogP contribution in [-0.4, -0.2) is 36.8 Å². The van der Waals surface area contributed by atoms with Gasteiger partial charge in [-0.05, 0) is 49.6 Å². The Bertz CT molecular complexity index is 1650. The van der Waals surface area contributed by atoms with Gasteiger partial charge < -0.3 is 18.9 Å². The van der Waals surface area contributed by atoms with Crippen LogP contribution >= 0.6 is 11.3 Å². The molecule has 40 heavy (non-hydrogen) atoms. The van der Waals surface area contributed by atoms with E-state index in [1.807, 2.05) is 45.0 Å². The number of hydrogen-bond acceptors (Lipinski definition) is 9. The van der Waals surface area contributed by atoms with Crippen LogP contribution in [0.4, 0.5) is 0 Å². The molecule has 1 aliphatic heterocycles. The molecule has 1 atom stereocenters. The minimum atomic E-state index is -0.846. The molecule has 0 unspecified atom stereocenters. The topological polar surface area (TPSA) is 105 Å². The highest BCUT2D eigenvalue weighted by molar-refractivity contribution is 7.07. The molecule has 0 spiro atoms. The summed E-state index contributed by atoms with van der Waals surface area (Å²) < 4.78 is 24.1. The van der Waals surface area contributed by atoms with Crippen molar-refractivity contribution in [1.29, 1.82) is 0 Å². The lowest BCUT2D eigenvalue weighted by molar-refractivity contribution is -0.140. The smallest absolute Gasteiger partial charge is 0.338 e. The van der Waals surface area contributed by atoms with E-state index in [2.05, 4.69) is 4.99 Å². The lowest BCUT2D eigenvalue weighted by Crippen LogP contribution is -2.40. The normalized spacial score (nSPS) is 15.0. The Morgan fingerprint density at radius 1 is 1.12 bits per heavy atom. The third-order valence-electron chi connectivity index (χ3n) is 6.05. The second-order valence-corrected chi connectivity index (χ2v) is 10.6. The molecule has 9 nitrogen and oxygen atoms in total. The zero-order valence-electron chi connectivity index (χ0n) is 23.3. The van der Waals surface area contributed by atoms with Gasteiger partial charge in [0.25, 0.3) is 5.56 Å². The van der Waals surface area contributed by atoms with Crippen LogP contribution < -0.4 is 29.1 Å². The van der Waals surface area contributed by atoms with Crippen LogP contribution in [-0.2, 0) is 14.3 Å². The predicted molar refractivity (Wildman–Crippen MR) is 151 cm³/mol. The van der Waals surface area contributed by atoms with Crippen LogP contribution in [0.15, 0.2) is 63.5 Å². The van der Waals surface area contributed by atoms with Crippen LogP contribution in [0.5, 0.6) is 17.2 Å². The standard InChI is InChI=1S/C30H32N2O7S/c1-7-37-24-14-21(12-13-23(24)39-19(5)33)27-26(29(35)38-16-17(2)3)18(4)31-30-32(27)28(34)25(40-30)15-20-10-8-9-11-22(20)36-6/h8-15,17,27H,7,16H2,1-6H3/b25-15+/t27-/m0/s1. The molecule has 0 radical (unpaired) electrons. The molecule has 3 aromatic rings. The van der Waals surface area contributed by atoms with Crippen molar-refractivity contribution in [2.24, 2.45) is 10.9 Å². The van der Waals surface area contributed by atoms with E-state index >= 15 is 0 Å². The molecule has 1 aliphatic rings. The van der Waals surface area contributed by atoms with Crippen molar-refractivity contribution in [3.8, 4) is 17.2 Å². The highest BCUT2D eigenvalue weighted by Gasteiger charge is 2.34. The molecule has 210 valence electrons. The lowest BCUT2D eigenvalue weighted by Gasteiger charge is -2.25. The quantitative estimate of drug-likeness (QED) is 0.288. The Kier molecular flexibility index (Phi) is 8.89. The number of carbonyl (C=O) groups is 2. The van der Waals surface area contributed by atoms with Crippen molar-refractivity contribution in [2.75, 3.05) is 20.3 Å².